The van der Waals surface area contributed by atoms with Gasteiger partial charge in [-0.15, -0.1) is 0 Å². The molecular formula is C24H32N4O3. The number of guanidine groups is 1. The highest BCUT2D eigenvalue weighted by molar-refractivity contribution is 5.79. The molecule has 2 aromatic heterocycles. The lowest BCUT2D eigenvalue weighted by Crippen LogP contribution is -2.39. The zero-order valence-corrected chi connectivity index (χ0v) is 18.8. The van der Waals surface area contributed by atoms with E-state index in [9.17, 15) is 0 Å². The number of furan rings is 1. The highest BCUT2D eigenvalue weighted by atomic mass is 16.5. The van der Waals surface area contributed by atoms with Gasteiger partial charge in [-0.1, -0.05) is 32.9 Å². The van der Waals surface area contributed by atoms with E-state index in [4.69, 9.17) is 13.6 Å². The van der Waals surface area contributed by atoms with E-state index in [1.807, 2.05) is 24.3 Å². The fourth-order valence-electron chi connectivity index (χ4n) is 2.93. The number of aliphatic imine (C=N–C) groups is 1. The van der Waals surface area contributed by atoms with Gasteiger partial charge in [0.2, 0.25) is 5.89 Å². The van der Waals surface area contributed by atoms with Crippen molar-refractivity contribution in [3.63, 3.8) is 0 Å². The van der Waals surface area contributed by atoms with Crippen molar-refractivity contribution in [2.75, 3.05) is 20.2 Å². The Morgan fingerprint density at radius 2 is 1.81 bits per heavy atom. The zero-order valence-electron chi connectivity index (χ0n) is 18.8. The summed E-state index contributed by atoms with van der Waals surface area (Å²) in [7, 11) is 1.67. The van der Waals surface area contributed by atoms with Crippen LogP contribution in [0.25, 0.3) is 0 Å². The van der Waals surface area contributed by atoms with E-state index in [2.05, 4.69) is 53.5 Å². The SMILES string of the molecule is COc1ccc(CCNC(=NCc2ncc(C(C)(C)C)o2)NCCc2ccco2)cc1. The lowest BCUT2D eigenvalue weighted by atomic mass is 9.94. The largest absolute Gasteiger partial charge is 0.497 e. The van der Waals surface area contributed by atoms with Crippen molar-refractivity contribution in [1.29, 1.82) is 0 Å². The van der Waals surface area contributed by atoms with Crippen molar-refractivity contribution in [3.05, 3.63) is 71.8 Å². The van der Waals surface area contributed by atoms with Gasteiger partial charge in [-0.25, -0.2) is 9.98 Å². The van der Waals surface area contributed by atoms with Gasteiger partial charge in [0.15, 0.2) is 5.96 Å². The van der Waals surface area contributed by atoms with Gasteiger partial charge in [0.05, 0.1) is 19.6 Å². The van der Waals surface area contributed by atoms with E-state index in [1.54, 1.807) is 19.6 Å². The normalized spacial score (nSPS) is 12.1. The van der Waals surface area contributed by atoms with Crippen molar-refractivity contribution in [1.82, 2.24) is 15.6 Å². The Balaban J connectivity index is 1.57. The van der Waals surface area contributed by atoms with Crippen LogP contribution in [0.1, 0.15) is 43.7 Å². The molecule has 166 valence electrons. The maximum atomic E-state index is 5.86. The van der Waals surface area contributed by atoms with Gasteiger partial charge < -0.3 is 24.2 Å². The zero-order chi connectivity index (χ0) is 22.1. The molecule has 0 radical (unpaired) electrons. The molecule has 7 heteroatoms. The number of oxazole rings is 1. The highest BCUT2D eigenvalue weighted by Gasteiger charge is 2.19. The van der Waals surface area contributed by atoms with Gasteiger partial charge in [-0.3, -0.25) is 0 Å². The van der Waals surface area contributed by atoms with Crippen LogP contribution in [0.4, 0.5) is 0 Å². The molecule has 0 fully saturated rings. The minimum atomic E-state index is -0.0737. The van der Waals surface area contributed by atoms with Gasteiger partial charge in [0, 0.05) is 24.9 Å². The quantitative estimate of drug-likeness (QED) is 0.397. The summed E-state index contributed by atoms with van der Waals surface area (Å²) in [6.45, 7) is 8.13. The second-order valence-electron chi connectivity index (χ2n) is 8.31. The molecule has 0 amide bonds. The number of methoxy groups -OCH3 is 1. The molecule has 0 aliphatic rings. The number of rotatable bonds is 9. The van der Waals surface area contributed by atoms with Gasteiger partial charge >= 0.3 is 0 Å². The van der Waals surface area contributed by atoms with E-state index in [0.29, 0.717) is 19.0 Å². The van der Waals surface area contributed by atoms with Gasteiger partial charge in [-0.05, 0) is 36.2 Å². The minimum absolute atomic E-state index is 0.0737. The lowest BCUT2D eigenvalue weighted by Gasteiger charge is -2.13. The number of benzene rings is 1. The van der Waals surface area contributed by atoms with Crippen LogP contribution in [0.2, 0.25) is 0 Å². The van der Waals surface area contributed by atoms with Crippen molar-refractivity contribution in [2.45, 2.75) is 45.6 Å². The molecule has 0 aliphatic heterocycles. The molecule has 2 N–H and O–H groups in total. The Labute approximate surface area is 183 Å². The monoisotopic (exact) mass is 424 g/mol. The Morgan fingerprint density at radius 3 is 2.42 bits per heavy atom. The molecule has 3 aromatic rings. The number of aromatic nitrogens is 1. The van der Waals surface area contributed by atoms with Crippen LogP contribution in [-0.4, -0.2) is 31.1 Å². The first-order valence-electron chi connectivity index (χ1n) is 10.6. The molecule has 7 nitrogen and oxygen atoms in total. The van der Waals surface area contributed by atoms with Gasteiger partial charge in [0.1, 0.15) is 23.8 Å². The summed E-state index contributed by atoms with van der Waals surface area (Å²) >= 11 is 0. The smallest absolute Gasteiger partial charge is 0.216 e. The number of hydrogen-bond acceptors (Lipinski definition) is 5. The molecule has 1 aromatic carbocycles. The van der Waals surface area contributed by atoms with Gasteiger partial charge in [-0.2, -0.15) is 0 Å². The first kappa shape index (κ1) is 22.5. The van der Waals surface area contributed by atoms with Crippen LogP contribution < -0.4 is 15.4 Å². The molecule has 0 spiro atoms. The van der Waals surface area contributed by atoms with Crippen LogP contribution in [0.15, 0.2) is 62.7 Å². The van der Waals surface area contributed by atoms with E-state index in [-0.39, 0.29) is 5.41 Å². The van der Waals surface area contributed by atoms with Crippen LogP contribution >= 0.6 is 0 Å². The molecule has 3 rings (SSSR count). The molecule has 0 saturated carbocycles. The Kier molecular flexibility index (Phi) is 7.76. The fourth-order valence-corrected chi connectivity index (χ4v) is 2.93. The Bertz CT molecular complexity index is 938. The average molecular weight is 425 g/mol. The molecular weight excluding hydrogens is 392 g/mol. The molecule has 0 atom stereocenters. The van der Waals surface area contributed by atoms with E-state index in [0.717, 1.165) is 42.6 Å². The van der Waals surface area contributed by atoms with Crippen molar-refractivity contribution < 1.29 is 13.6 Å². The van der Waals surface area contributed by atoms with Crippen LogP contribution in [0.5, 0.6) is 5.75 Å². The molecule has 0 saturated heterocycles. The van der Waals surface area contributed by atoms with E-state index >= 15 is 0 Å². The minimum Gasteiger partial charge on any atom is -0.497 e. The molecule has 0 bridgehead atoms. The lowest BCUT2D eigenvalue weighted by molar-refractivity contribution is 0.383. The maximum Gasteiger partial charge on any atom is 0.216 e. The van der Waals surface area contributed by atoms with E-state index in [1.165, 1.54) is 5.56 Å². The van der Waals surface area contributed by atoms with Crippen LogP contribution in [-0.2, 0) is 24.8 Å². The maximum absolute atomic E-state index is 5.86. The summed E-state index contributed by atoms with van der Waals surface area (Å²) in [4.78, 5) is 9.02. The molecule has 2 heterocycles. The summed E-state index contributed by atoms with van der Waals surface area (Å²) < 4.78 is 16.5. The van der Waals surface area contributed by atoms with Gasteiger partial charge in [0.25, 0.3) is 0 Å². The van der Waals surface area contributed by atoms with Crippen molar-refractivity contribution >= 4 is 5.96 Å². The number of hydrogen-bond donors (Lipinski definition) is 2. The van der Waals surface area contributed by atoms with E-state index < -0.39 is 0 Å². The number of nitrogens with one attached hydrogen (secondary N) is 2. The number of nitrogens with zero attached hydrogens (tertiary/aromatic N) is 2. The first-order valence-corrected chi connectivity index (χ1v) is 10.6. The average Bonchev–Trinajstić information content (AvgIpc) is 3.44. The standard InChI is InChI=1S/C24H32N4O3/c1-24(2,3)21-16-27-22(31-21)17-28-23(26-14-12-20-6-5-15-30-20)25-13-11-18-7-9-19(29-4)10-8-18/h5-10,15-16H,11-14,17H2,1-4H3,(H2,25,26,28). The molecule has 0 aliphatic carbocycles. The van der Waals surface area contributed by atoms with Crippen LogP contribution in [0, 0.1) is 0 Å². The Hall–Kier alpha value is -3.22. The summed E-state index contributed by atoms with van der Waals surface area (Å²) in [5, 5.41) is 6.75. The third-order valence-corrected chi connectivity index (χ3v) is 4.77. The predicted molar refractivity (Wildman–Crippen MR) is 121 cm³/mol. The summed E-state index contributed by atoms with van der Waals surface area (Å²) in [6.07, 6.45) is 5.12. The highest BCUT2D eigenvalue weighted by Crippen LogP contribution is 2.22. The first-order chi connectivity index (χ1) is 14.9. The molecule has 0 unspecified atom stereocenters. The topological polar surface area (TPSA) is 84.8 Å². The van der Waals surface area contributed by atoms with Crippen molar-refractivity contribution in [2.24, 2.45) is 4.99 Å². The molecule has 31 heavy (non-hydrogen) atoms. The second-order valence-corrected chi connectivity index (χ2v) is 8.31. The van der Waals surface area contributed by atoms with Crippen LogP contribution in [0.3, 0.4) is 0 Å². The summed E-state index contributed by atoms with van der Waals surface area (Å²) in [5.74, 6) is 3.98. The second kappa shape index (κ2) is 10.7. The fraction of sp³-hybridized carbons (Fsp3) is 0.417. The Morgan fingerprint density at radius 1 is 1.06 bits per heavy atom. The number of ether oxygens (including phenoxy) is 1. The summed E-state index contributed by atoms with van der Waals surface area (Å²) in [5.41, 5.74) is 1.15. The summed E-state index contributed by atoms with van der Waals surface area (Å²) in [6, 6.07) is 12.0. The van der Waals surface area contributed by atoms with Crippen molar-refractivity contribution in [3.8, 4) is 5.75 Å². The third kappa shape index (κ3) is 7.20. The predicted octanol–water partition coefficient (Wildman–Crippen LogP) is 4.09. The third-order valence-electron chi connectivity index (χ3n) is 4.77.